The van der Waals surface area contributed by atoms with Crippen LogP contribution in [0, 0.1) is 11.8 Å². The summed E-state index contributed by atoms with van der Waals surface area (Å²) in [7, 11) is 0. The van der Waals surface area contributed by atoms with E-state index in [2.05, 4.69) is 24.1 Å². The van der Waals surface area contributed by atoms with Gasteiger partial charge in [0.1, 0.15) is 0 Å². The van der Waals surface area contributed by atoms with Crippen molar-refractivity contribution in [1.29, 1.82) is 0 Å². The van der Waals surface area contributed by atoms with Gasteiger partial charge in [0.25, 0.3) is 0 Å². The predicted octanol–water partition coefficient (Wildman–Crippen LogP) is 2.11. The van der Waals surface area contributed by atoms with Gasteiger partial charge in [-0.05, 0) is 57.2 Å². The quantitative estimate of drug-likeness (QED) is 0.699. The molecule has 2 nitrogen and oxygen atoms in total. The molecule has 1 aliphatic heterocycles. The summed E-state index contributed by atoms with van der Waals surface area (Å²) in [6.07, 6.45) is 5.59. The predicted molar refractivity (Wildman–Crippen MR) is 65.0 cm³/mol. The molecule has 0 aromatic carbocycles. The van der Waals surface area contributed by atoms with Crippen LogP contribution < -0.4 is 5.32 Å². The first-order valence-electron chi connectivity index (χ1n) is 6.74. The highest BCUT2D eigenvalue weighted by Gasteiger charge is 2.34. The Morgan fingerprint density at radius 3 is 2.80 bits per heavy atom. The van der Waals surface area contributed by atoms with Crippen LogP contribution in [0.25, 0.3) is 0 Å². The van der Waals surface area contributed by atoms with Crippen molar-refractivity contribution in [3.8, 4) is 0 Å². The van der Waals surface area contributed by atoms with E-state index >= 15 is 0 Å². The molecule has 88 valence electrons. The van der Waals surface area contributed by atoms with Gasteiger partial charge in [-0.2, -0.15) is 0 Å². The number of nitrogens with one attached hydrogen (secondary N) is 1. The normalized spacial score (nSPS) is 36.8. The zero-order valence-electron chi connectivity index (χ0n) is 10.3. The van der Waals surface area contributed by atoms with Crippen LogP contribution >= 0.6 is 0 Å². The van der Waals surface area contributed by atoms with Crippen LogP contribution in [-0.2, 0) is 0 Å². The minimum absolute atomic E-state index is 0.924. The van der Waals surface area contributed by atoms with Crippen LogP contribution in [0.2, 0.25) is 0 Å². The van der Waals surface area contributed by atoms with Crippen molar-refractivity contribution in [2.75, 3.05) is 26.2 Å². The van der Waals surface area contributed by atoms with Crippen LogP contribution in [0.1, 0.15) is 39.5 Å². The Kier molecular flexibility index (Phi) is 4.04. The van der Waals surface area contributed by atoms with Crippen molar-refractivity contribution in [2.24, 2.45) is 11.8 Å². The molecule has 0 amide bonds. The lowest BCUT2D eigenvalue weighted by Crippen LogP contribution is -2.43. The highest BCUT2D eigenvalue weighted by Crippen LogP contribution is 2.34. The van der Waals surface area contributed by atoms with Crippen molar-refractivity contribution in [2.45, 2.75) is 45.6 Å². The summed E-state index contributed by atoms with van der Waals surface area (Å²) in [6, 6.07) is 0.941. The van der Waals surface area contributed by atoms with Crippen LogP contribution in [0.4, 0.5) is 0 Å². The molecule has 0 aromatic rings. The lowest BCUT2D eigenvalue weighted by Gasteiger charge is -2.39. The Hall–Kier alpha value is -0.0800. The Balaban J connectivity index is 1.62. The zero-order chi connectivity index (χ0) is 10.7. The number of rotatable bonds is 5. The van der Waals surface area contributed by atoms with Gasteiger partial charge >= 0.3 is 0 Å². The Morgan fingerprint density at radius 2 is 2.13 bits per heavy atom. The molecule has 0 spiro atoms. The van der Waals surface area contributed by atoms with Crippen molar-refractivity contribution < 1.29 is 0 Å². The fourth-order valence-electron chi connectivity index (χ4n) is 3.00. The van der Waals surface area contributed by atoms with E-state index in [1.165, 1.54) is 51.9 Å². The molecule has 1 heterocycles. The van der Waals surface area contributed by atoms with E-state index in [1.54, 1.807) is 0 Å². The van der Waals surface area contributed by atoms with E-state index in [-0.39, 0.29) is 0 Å². The van der Waals surface area contributed by atoms with Gasteiger partial charge in [0.05, 0.1) is 0 Å². The largest absolute Gasteiger partial charge is 0.316 e. The van der Waals surface area contributed by atoms with Crippen LogP contribution in [0.15, 0.2) is 0 Å². The molecular formula is C13H26N2. The first-order chi connectivity index (χ1) is 7.29. The lowest BCUT2D eigenvalue weighted by molar-refractivity contribution is 0.106. The summed E-state index contributed by atoms with van der Waals surface area (Å²) >= 11 is 0. The Bertz CT molecular complexity index is 187. The fourth-order valence-corrected chi connectivity index (χ4v) is 3.00. The lowest BCUT2D eigenvalue weighted by atomic mass is 9.81. The van der Waals surface area contributed by atoms with Crippen LogP contribution in [0.5, 0.6) is 0 Å². The van der Waals surface area contributed by atoms with Crippen molar-refractivity contribution >= 4 is 0 Å². The topological polar surface area (TPSA) is 15.3 Å². The summed E-state index contributed by atoms with van der Waals surface area (Å²) in [5.41, 5.74) is 0. The van der Waals surface area contributed by atoms with Gasteiger partial charge in [0.2, 0.25) is 0 Å². The van der Waals surface area contributed by atoms with Gasteiger partial charge in [0, 0.05) is 12.6 Å². The molecule has 1 saturated heterocycles. The second-order valence-corrected chi connectivity index (χ2v) is 5.58. The third kappa shape index (κ3) is 2.94. The maximum Gasteiger partial charge on any atom is 0.0100 e. The third-order valence-electron chi connectivity index (χ3n) is 4.04. The van der Waals surface area contributed by atoms with Gasteiger partial charge in [0.15, 0.2) is 0 Å². The highest BCUT2D eigenvalue weighted by molar-refractivity contribution is 4.89. The number of hydrogen-bond donors (Lipinski definition) is 1. The van der Waals surface area contributed by atoms with E-state index in [1.807, 2.05) is 0 Å². The van der Waals surface area contributed by atoms with Gasteiger partial charge in [-0.3, -0.25) is 0 Å². The van der Waals surface area contributed by atoms with E-state index in [0.717, 1.165) is 17.9 Å². The summed E-state index contributed by atoms with van der Waals surface area (Å²) in [6.45, 7) is 9.77. The van der Waals surface area contributed by atoms with Crippen molar-refractivity contribution in [3.05, 3.63) is 0 Å². The molecule has 2 fully saturated rings. The third-order valence-corrected chi connectivity index (χ3v) is 4.04. The van der Waals surface area contributed by atoms with E-state index < -0.39 is 0 Å². The summed E-state index contributed by atoms with van der Waals surface area (Å²) in [5.74, 6) is 1.92. The molecule has 0 radical (unpaired) electrons. The van der Waals surface area contributed by atoms with E-state index in [4.69, 9.17) is 0 Å². The van der Waals surface area contributed by atoms with Crippen LogP contribution in [-0.4, -0.2) is 37.1 Å². The minimum atomic E-state index is 0.924. The monoisotopic (exact) mass is 210 g/mol. The first kappa shape index (κ1) is 11.4. The summed E-state index contributed by atoms with van der Waals surface area (Å²) < 4.78 is 0. The molecule has 1 unspecified atom stereocenters. The maximum absolute atomic E-state index is 3.55. The van der Waals surface area contributed by atoms with Gasteiger partial charge in [-0.15, -0.1) is 0 Å². The molecule has 2 heteroatoms. The van der Waals surface area contributed by atoms with E-state index in [0.29, 0.717) is 0 Å². The van der Waals surface area contributed by atoms with Crippen LogP contribution in [0.3, 0.4) is 0 Å². The number of hydrogen-bond acceptors (Lipinski definition) is 2. The molecule has 0 aromatic heterocycles. The SMILES string of the molecule is CCCNCC1CCN(C2CC(C)C2)C1. The highest BCUT2D eigenvalue weighted by atomic mass is 15.2. The molecule has 2 aliphatic rings. The Morgan fingerprint density at radius 1 is 1.33 bits per heavy atom. The second-order valence-electron chi connectivity index (χ2n) is 5.58. The van der Waals surface area contributed by atoms with Crippen molar-refractivity contribution in [1.82, 2.24) is 10.2 Å². The molecule has 1 atom stereocenters. The average molecular weight is 210 g/mol. The van der Waals surface area contributed by atoms with E-state index in [9.17, 15) is 0 Å². The molecular weight excluding hydrogens is 184 g/mol. The van der Waals surface area contributed by atoms with Gasteiger partial charge in [-0.25, -0.2) is 0 Å². The number of likely N-dealkylation sites (tertiary alicyclic amines) is 1. The standard InChI is InChI=1S/C13H26N2/c1-3-5-14-9-12-4-6-15(10-12)13-7-11(2)8-13/h11-14H,3-10H2,1-2H3. The fraction of sp³-hybridized carbons (Fsp3) is 1.00. The maximum atomic E-state index is 3.55. The Labute approximate surface area is 94.4 Å². The molecule has 1 saturated carbocycles. The molecule has 15 heavy (non-hydrogen) atoms. The molecule has 1 N–H and O–H groups in total. The number of nitrogens with zero attached hydrogens (tertiary/aromatic N) is 1. The second kappa shape index (κ2) is 5.31. The zero-order valence-corrected chi connectivity index (χ0v) is 10.3. The summed E-state index contributed by atoms with van der Waals surface area (Å²) in [5, 5.41) is 3.55. The molecule has 0 bridgehead atoms. The minimum Gasteiger partial charge on any atom is -0.316 e. The smallest absolute Gasteiger partial charge is 0.0100 e. The van der Waals surface area contributed by atoms with Gasteiger partial charge < -0.3 is 10.2 Å². The van der Waals surface area contributed by atoms with Gasteiger partial charge in [-0.1, -0.05) is 13.8 Å². The molecule has 1 aliphatic carbocycles. The average Bonchev–Trinajstić information content (AvgIpc) is 2.62. The van der Waals surface area contributed by atoms with Crippen molar-refractivity contribution in [3.63, 3.8) is 0 Å². The summed E-state index contributed by atoms with van der Waals surface area (Å²) in [4.78, 5) is 2.73. The molecule has 2 rings (SSSR count). The first-order valence-corrected chi connectivity index (χ1v) is 6.74.